The molecule has 0 spiro atoms. The third kappa shape index (κ3) is 2.75. The second-order valence-electron chi connectivity index (χ2n) is 5.61. The van der Waals surface area contributed by atoms with Crippen LogP contribution in [0.25, 0.3) is 0 Å². The molecule has 2 aromatic rings. The first-order valence-electron chi connectivity index (χ1n) is 7.78. The number of nitrogen functional groups attached to an aromatic ring is 1. The van der Waals surface area contributed by atoms with Crippen molar-refractivity contribution in [3.63, 3.8) is 0 Å². The molecule has 2 aliphatic rings. The Balaban J connectivity index is 1.56. The fraction of sp³-hybridized carbons (Fsp3) is 0.375. The number of anilines is 2. The lowest BCUT2D eigenvalue weighted by molar-refractivity contribution is 0.0913. The lowest BCUT2D eigenvalue weighted by Crippen LogP contribution is -2.44. The Morgan fingerprint density at radius 2 is 1.96 bits per heavy atom. The highest BCUT2D eigenvalue weighted by Crippen LogP contribution is 2.36. The summed E-state index contributed by atoms with van der Waals surface area (Å²) in [6, 6.07) is 7.60. The highest BCUT2D eigenvalue weighted by atomic mass is 16.6. The number of rotatable bonds is 2. The number of hydrogen-bond acceptors (Lipinski definition) is 7. The number of ether oxygens (including phenoxy) is 2. The molecule has 0 amide bonds. The maximum Gasteiger partial charge on any atom is 0.227 e. The Hall–Kier alpha value is -2.54. The molecule has 0 radical (unpaired) electrons. The van der Waals surface area contributed by atoms with Gasteiger partial charge in [0.1, 0.15) is 12.4 Å². The first-order valence-corrected chi connectivity index (χ1v) is 7.78. The third-order valence-corrected chi connectivity index (χ3v) is 4.09. The predicted molar refractivity (Wildman–Crippen MR) is 86.8 cm³/mol. The van der Waals surface area contributed by atoms with Gasteiger partial charge in [-0.15, -0.1) is 0 Å². The van der Waals surface area contributed by atoms with Gasteiger partial charge in [-0.2, -0.15) is 4.98 Å². The van der Waals surface area contributed by atoms with E-state index < -0.39 is 0 Å². The molecule has 1 unspecified atom stereocenters. The van der Waals surface area contributed by atoms with Crippen molar-refractivity contribution < 1.29 is 9.47 Å². The zero-order chi connectivity index (χ0) is 15.6. The van der Waals surface area contributed by atoms with Gasteiger partial charge >= 0.3 is 0 Å². The van der Waals surface area contributed by atoms with Crippen LogP contribution >= 0.6 is 0 Å². The topological polar surface area (TPSA) is 85.5 Å². The van der Waals surface area contributed by atoms with Gasteiger partial charge in [0.05, 0.1) is 5.56 Å². The summed E-state index contributed by atoms with van der Waals surface area (Å²) in [5.74, 6) is 2.58. The van der Waals surface area contributed by atoms with Crippen LogP contribution in [0.15, 0.2) is 30.5 Å². The summed E-state index contributed by atoms with van der Waals surface area (Å²) < 4.78 is 11.7. The monoisotopic (exact) mass is 313 g/mol. The van der Waals surface area contributed by atoms with Gasteiger partial charge in [-0.05, 0) is 12.1 Å². The molecule has 1 saturated heterocycles. The molecule has 1 aromatic carbocycles. The van der Waals surface area contributed by atoms with Gasteiger partial charge in [-0.25, -0.2) is 4.98 Å². The van der Waals surface area contributed by atoms with E-state index in [1.807, 2.05) is 24.3 Å². The Bertz CT molecular complexity index is 703. The molecule has 7 heteroatoms. The summed E-state index contributed by atoms with van der Waals surface area (Å²) in [5, 5.41) is 3.31. The largest absolute Gasteiger partial charge is 0.485 e. The fourth-order valence-corrected chi connectivity index (χ4v) is 2.83. The maximum absolute atomic E-state index is 6.15. The lowest BCUT2D eigenvalue weighted by atomic mass is 10.1. The first kappa shape index (κ1) is 14.1. The Labute approximate surface area is 134 Å². The summed E-state index contributed by atoms with van der Waals surface area (Å²) in [6.45, 7) is 4.03. The molecule has 7 nitrogen and oxygen atoms in total. The minimum atomic E-state index is -0.290. The zero-order valence-electron chi connectivity index (χ0n) is 12.7. The van der Waals surface area contributed by atoms with Crippen molar-refractivity contribution >= 4 is 11.8 Å². The van der Waals surface area contributed by atoms with Crippen LogP contribution in [0.4, 0.5) is 11.8 Å². The highest BCUT2D eigenvalue weighted by molar-refractivity contribution is 5.48. The van der Waals surface area contributed by atoms with Gasteiger partial charge in [-0.3, -0.25) is 0 Å². The van der Waals surface area contributed by atoms with Crippen LogP contribution in [0.1, 0.15) is 11.7 Å². The maximum atomic E-state index is 6.15. The molecule has 3 N–H and O–H groups in total. The number of hydrogen-bond donors (Lipinski definition) is 2. The van der Waals surface area contributed by atoms with Crippen molar-refractivity contribution in [3.05, 3.63) is 36.0 Å². The Morgan fingerprint density at radius 1 is 1.17 bits per heavy atom. The van der Waals surface area contributed by atoms with E-state index in [1.54, 1.807) is 6.20 Å². The van der Waals surface area contributed by atoms with E-state index in [0.717, 1.165) is 37.5 Å². The molecule has 4 rings (SSSR count). The zero-order valence-corrected chi connectivity index (χ0v) is 12.7. The van der Waals surface area contributed by atoms with Gasteiger partial charge in [0.25, 0.3) is 0 Å². The number of nitrogens with two attached hydrogens (primary N) is 1. The Morgan fingerprint density at radius 3 is 2.74 bits per heavy atom. The summed E-state index contributed by atoms with van der Waals surface area (Å²) in [6.07, 6.45) is 1.46. The van der Waals surface area contributed by atoms with Gasteiger partial charge < -0.3 is 25.4 Å². The van der Waals surface area contributed by atoms with E-state index in [4.69, 9.17) is 15.2 Å². The molecule has 1 aromatic heterocycles. The standard InChI is InChI=1S/C16H19N5O2/c17-15-11(9-19-16(20-15)21-7-5-18-6-8-21)14-10-22-12-3-1-2-4-13(12)23-14/h1-4,9,14,18H,5-8,10H2,(H2,17,19,20). The van der Waals surface area contributed by atoms with Crippen molar-refractivity contribution in [2.45, 2.75) is 6.10 Å². The van der Waals surface area contributed by atoms with E-state index in [1.165, 1.54) is 0 Å². The van der Waals surface area contributed by atoms with Crippen LogP contribution < -0.4 is 25.4 Å². The van der Waals surface area contributed by atoms with E-state index in [0.29, 0.717) is 24.1 Å². The number of aromatic nitrogens is 2. The molecule has 0 aliphatic carbocycles. The van der Waals surface area contributed by atoms with Crippen LogP contribution in [0, 0.1) is 0 Å². The van der Waals surface area contributed by atoms with Gasteiger partial charge in [0.15, 0.2) is 17.6 Å². The number of benzene rings is 1. The molecule has 120 valence electrons. The van der Waals surface area contributed by atoms with Gasteiger partial charge in [-0.1, -0.05) is 12.1 Å². The second-order valence-corrected chi connectivity index (χ2v) is 5.61. The van der Waals surface area contributed by atoms with Crippen LogP contribution in [-0.2, 0) is 0 Å². The van der Waals surface area contributed by atoms with E-state index in [2.05, 4.69) is 20.2 Å². The molecule has 1 atom stereocenters. The Kier molecular flexibility index (Phi) is 3.63. The fourth-order valence-electron chi connectivity index (χ4n) is 2.83. The van der Waals surface area contributed by atoms with Gasteiger partial charge in [0, 0.05) is 32.4 Å². The normalized spacial score (nSPS) is 20.3. The van der Waals surface area contributed by atoms with Crippen molar-refractivity contribution in [1.29, 1.82) is 0 Å². The van der Waals surface area contributed by atoms with E-state index in [-0.39, 0.29) is 6.10 Å². The van der Waals surface area contributed by atoms with Crippen molar-refractivity contribution in [3.8, 4) is 11.5 Å². The first-order chi connectivity index (χ1) is 11.3. The smallest absolute Gasteiger partial charge is 0.227 e. The number of fused-ring (bicyclic) bond motifs is 1. The quantitative estimate of drug-likeness (QED) is 0.855. The van der Waals surface area contributed by atoms with Crippen LogP contribution in [0.3, 0.4) is 0 Å². The highest BCUT2D eigenvalue weighted by Gasteiger charge is 2.26. The molecule has 23 heavy (non-hydrogen) atoms. The van der Waals surface area contributed by atoms with Crippen molar-refractivity contribution in [2.24, 2.45) is 0 Å². The summed E-state index contributed by atoms with van der Waals surface area (Å²) in [4.78, 5) is 11.1. The minimum Gasteiger partial charge on any atom is -0.485 e. The molecule has 3 heterocycles. The molecular formula is C16H19N5O2. The van der Waals surface area contributed by atoms with Crippen molar-refractivity contribution in [2.75, 3.05) is 43.4 Å². The average molecular weight is 313 g/mol. The van der Waals surface area contributed by atoms with Gasteiger partial charge in [0.2, 0.25) is 5.95 Å². The van der Waals surface area contributed by atoms with E-state index >= 15 is 0 Å². The number of nitrogens with one attached hydrogen (secondary N) is 1. The van der Waals surface area contributed by atoms with Crippen LogP contribution in [-0.4, -0.2) is 42.8 Å². The van der Waals surface area contributed by atoms with Crippen LogP contribution in [0.2, 0.25) is 0 Å². The lowest BCUT2D eigenvalue weighted by Gasteiger charge is -2.29. The molecule has 2 aliphatic heterocycles. The minimum absolute atomic E-state index is 0.290. The average Bonchev–Trinajstić information content (AvgIpc) is 2.62. The van der Waals surface area contributed by atoms with E-state index in [9.17, 15) is 0 Å². The summed E-state index contributed by atoms with van der Waals surface area (Å²) in [5.41, 5.74) is 6.91. The molecule has 1 fully saturated rings. The SMILES string of the molecule is Nc1nc(N2CCNCC2)ncc1C1COc2ccccc2O1. The predicted octanol–water partition coefficient (Wildman–Crippen LogP) is 0.981. The summed E-state index contributed by atoms with van der Waals surface area (Å²) in [7, 11) is 0. The van der Waals surface area contributed by atoms with Crippen LogP contribution in [0.5, 0.6) is 11.5 Å². The second kappa shape index (κ2) is 5.92. The number of piperazine rings is 1. The molecule has 0 saturated carbocycles. The number of nitrogens with zero attached hydrogens (tertiary/aromatic N) is 3. The number of para-hydroxylation sites is 2. The third-order valence-electron chi connectivity index (χ3n) is 4.09. The summed E-state index contributed by atoms with van der Waals surface area (Å²) >= 11 is 0. The molecular weight excluding hydrogens is 294 g/mol. The van der Waals surface area contributed by atoms with Crippen molar-refractivity contribution in [1.82, 2.24) is 15.3 Å². The molecule has 0 bridgehead atoms.